The zero-order valence-corrected chi connectivity index (χ0v) is 16.1. The number of nitrogens with zero attached hydrogens (tertiary/aromatic N) is 4. The summed E-state index contributed by atoms with van der Waals surface area (Å²) >= 11 is 0. The van der Waals surface area contributed by atoms with Gasteiger partial charge in [0, 0.05) is 23.5 Å². The molecule has 0 N–H and O–H groups in total. The number of aromatic nitrogens is 2. The summed E-state index contributed by atoms with van der Waals surface area (Å²) in [6, 6.07) is 8.13. The van der Waals surface area contributed by atoms with Crippen LogP contribution in [0.25, 0.3) is 10.9 Å². The number of aryl methyl sites for hydroxylation is 1. The number of benzene rings is 1. The molecule has 0 saturated carbocycles. The third-order valence-electron chi connectivity index (χ3n) is 5.21. The lowest BCUT2D eigenvalue weighted by atomic mass is 9.97. The number of amides is 1. The molecule has 2 aliphatic rings. The van der Waals surface area contributed by atoms with Gasteiger partial charge in [-0.15, -0.1) is 0 Å². The van der Waals surface area contributed by atoms with Gasteiger partial charge in [0.2, 0.25) is 0 Å². The molecule has 4 rings (SSSR count). The summed E-state index contributed by atoms with van der Waals surface area (Å²) < 4.78 is 5.14. The maximum atomic E-state index is 12.1. The smallest absolute Gasteiger partial charge is 0.301 e. The largest absolute Gasteiger partial charge is 0.481 e. The Morgan fingerprint density at radius 1 is 1.25 bits per heavy atom. The second-order valence-corrected chi connectivity index (χ2v) is 7.26. The Kier molecular flexibility index (Phi) is 5.54. The lowest BCUT2D eigenvalue weighted by Crippen LogP contribution is -2.34. The summed E-state index contributed by atoms with van der Waals surface area (Å²) in [6.45, 7) is 5.53. The van der Waals surface area contributed by atoms with E-state index in [0.29, 0.717) is 6.54 Å². The molecule has 144 valence electrons. The molecule has 0 spiro atoms. The highest BCUT2D eigenvalue weighted by Crippen LogP contribution is 2.19. The van der Waals surface area contributed by atoms with Gasteiger partial charge in [0.25, 0.3) is 0 Å². The number of hydrogen-bond donors (Lipinski definition) is 0. The average molecular weight is 376 g/mol. The summed E-state index contributed by atoms with van der Waals surface area (Å²) in [4.78, 5) is 25.5. The van der Waals surface area contributed by atoms with Crippen molar-refractivity contribution in [3.05, 3.63) is 48.1 Å². The first-order valence-electron chi connectivity index (χ1n) is 9.71. The van der Waals surface area contributed by atoms with E-state index >= 15 is 0 Å². The van der Waals surface area contributed by atoms with Crippen LogP contribution in [-0.2, 0) is 16.1 Å². The fourth-order valence-electron chi connectivity index (χ4n) is 3.61. The van der Waals surface area contributed by atoms with Crippen molar-refractivity contribution in [1.82, 2.24) is 19.8 Å². The summed E-state index contributed by atoms with van der Waals surface area (Å²) in [5.41, 5.74) is 2.03. The number of rotatable bonds is 2. The van der Waals surface area contributed by atoms with Crippen LogP contribution in [0.15, 0.2) is 36.6 Å². The molecule has 0 aliphatic carbocycles. The predicted molar refractivity (Wildman–Crippen MR) is 107 cm³/mol. The Balaban J connectivity index is 1.32. The molecule has 0 atom stereocenters. The van der Waals surface area contributed by atoms with E-state index in [2.05, 4.69) is 27.8 Å². The van der Waals surface area contributed by atoms with Crippen LogP contribution < -0.4 is 0 Å². The quantitative estimate of drug-likeness (QED) is 0.754. The van der Waals surface area contributed by atoms with Crippen molar-refractivity contribution >= 4 is 16.8 Å². The van der Waals surface area contributed by atoms with E-state index in [1.54, 1.807) is 11.2 Å². The molecule has 6 nitrogen and oxygen atoms in total. The number of hydrogen-bond acceptors (Lipinski definition) is 5. The summed E-state index contributed by atoms with van der Waals surface area (Å²) in [5, 5.41) is 1.11. The molecule has 0 bridgehead atoms. The van der Waals surface area contributed by atoms with Crippen molar-refractivity contribution in [3.8, 4) is 11.8 Å². The van der Waals surface area contributed by atoms with E-state index in [1.165, 1.54) is 0 Å². The van der Waals surface area contributed by atoms with Gasteiger partial charge < -0.3 is 4.74 Å². The fourth-order valence-corrected chi connectivity index (χ4v) is 3.61. The zero-order chi connectivity index (χ0) is 19.3. The summed E-state index contributed by atoms with van der Waals surface area (Å²) in [6.07, 6.45) is 5.36. The molecule has 1 saturated heterocycles. The van der Waals surface area contributed by atoms with Crippen LogP contribution in [-0.4, -0.2) is 52.0 Å². The molecule has 1 fully saturated rings. The topological polar surface area (TPSA) is 58.6 Å². The summed E-state index contributed by atoms with van der Waals surface area (Å²) in [7, 11) is 0. The van der Waals surface area contributed by atoms with E-state index in [-0.39, 0.29) is 18.6 Å². The second-order valence-electron chi connectivity index (χ2n) is 7.26. The standard InChI is InChI=1S/C22H24N4O2/c1-17-19-5-2-3-6-20(19)24-21(23-17)15-25-12-9-18(10-13-25)7-8-22(27)26-11-4-14-28-16-26/h2-6,14,18H,9-13,15-16H2,1H3. The number of ether oxygens (including phenoxy) is 1. The number of fused-ring (bicyclic) bond motifs is 1. The molecule has 28 heavy (non-hydrogen) atoms. The number of carbonyl (C=O) groups excluding carboxylic acids is 1. The molecule has 1 aromatic heterocycles. The minimum Gasteiger partial charge on any atom is -0.481 e. The Morgan fingerprint density at radius 3 is 2.86 bits per heavy atom. The highest BCUT2D eigenvalue weighted by atomic mass is 16.5. The van der Waals surface area contributed by atoms with Crippen LogP contribution in [0.1, 0.15) is 24.4 Å². The van der Waals surface area contributed by atoms with Gasteiger partial charge in [0.1, 0.15) is 5.82 Å². The van der Waals surface area contributed by atoms with E-state index < -0.39 is 0 Å². The van der Waals surface area contributed by atoms with Crippen LogP contribution in [0, 0.1) is 24.7 Å². The lowest BCUT2D eigenvalue weighted by molar-refractivity contribution is -0.128. The molecule has 1 amide bonds. The maximum absolute atomic E-state index is 12.1. The van der Waals surface area contributed by atoms with Crippen molar-refractivity contribution in [2.45, 2.75) is 26.3 Å². The van der Waals surface area contributed by atoms with Crippen molar-refractivity contribution in [1.29, 1.82) is 0 Å². The summed E-state index contributed by atoms with van der Waals surface area (Å²) in [5.74, 6) is 6.93. The minimum atomic E-state index is -0.160. The molecule has 3 heterocycles. The normalized spacial score (nSPS) is 17.8. The molecule has 1 aromatic carbocycles. The molecular weight excluding hydrogens is 352 g/mol. The van der Waals surface area contributed by atoms with Crippen LogP contribution in [0.5, 0.6) is 0 Å². The molecule has 0 radical (unpaired) electrons. The first kappa shape index (κ1) is 18.5. The van der Waals surface area contributed by atoms with E-state index in [4.69, 9.17) is 9.72 Å². The van der Waals surface area contributed by atoms with Gasteiger partial charge in [-0.2, -0.15) is 0 Å². The van der Waals surface area contributed by atoms with Crippen molar-refractivity contribution in [3.63, 3.8) is 0 Å². The van der Waals surface area contributed by atoms with Crippen LogP contribution in [0.3, 0.4) is 0 Å². The molecule has 2 aromatic rings. The Bertz CT molecular complexity index is 952. The van der Waals surface area contributed by atoms with Gasteiger partial charge in [-0.05, 0) is 50.9 Å². The van der Waals surface area contributed by atoms with Gasteiger partial charge in [0.15, 0.2) is 6.73 Å². The van der Waals surface area contributed by atoms with Gasteiger partial charge >= 0.3 is 5.91 Å². The second kappa shape index (κ2) is 8.41. The maximum Gasteiger partial charge on any atom is 0.301 e. The Morgan fingerprint density at radius 2 is 2.07 bits per heavy atom. The zero-order valence-electron chi connectivity index (χ0n) is 16.1. The minimum absolute atomic E-state index is 0.160. The van der Waals surface area contributed by atoms with Crippen molar-refractivity contribution in [2.24, 2.45) is 5.92 Å². The molecule has 2 aliphatic heterocycles. The Labute approximate surface area is 165 Å². The first-order chi connectivity index (χ1) is 13.7. The first-order valence-corrected chi connectivity index (χ1v) is 9.71. The van der Waals surface area contributed by atoms with Crippen LogP contribution >= 0.6 is 0 Å². The number of para-hydroxylation sites is 1. The van der Waals surface area contributed by atoms with Gasteiger partial charge in [-0.3, -0.25) is 14.6 Å². The van der Waals surface area contributed by atoms with Gasteiger partial charge in [-0.25, -0.2) is 9.97 Å². The third kappa shape index (κ3) is 4.32. The van der Waals surface area contributed by atoms with E-state index in [9.17, 15) is 4.79 Å². The molecule has 0 unspecified atom stereocenters. The number of carbonyl (C=O) groups is 1. The molecular formula is C22H24N4O2. The van der Waals surface area contributed by atoms with E-state index in [1.807, 2.05) is 31.2 Å². The van der Waals surface area contributed by atoms with Crippen molar-refractivity contribution < 1.29 is 9.53 Å². The van der Waals surface area contributed by atoms with E-state index in [0.717, 1.165) is 54.9 Å². The predicted octanol–water partition coefficient (Wildman–Crippen LogP) is 2.48. The Hall–Kier alpha value is -2.91. The number of likely N-dealkylation sites (tertiary alicyclic amines) is 1. The highest BCUT2D eigenvalue weighted by molar-refractivity contribution is 5.93. The average Bonchev–Trinajstić information content (AvgIpc) is 2.74. The van der Waals surface area contributed by atoms with Crippen LogP contribution in [0.2, 0.25) is 0 Å². The van der Waals surface area contributed by atoms with Gasteiger partial charge in [0.05, 0.1) is 18.3 Å². The highest BCUT2D eigenvalue weighted by Gasteiger charge is 2.19. The monoisotopic (exact) mass is 376 g/mol. The van der Waals surface area contributed by atoms with Crippen LogP contribution in [0.4, 0.5) is 0 Å². The SMILES string of the molecule is Cc1nc(CN2CCC(C#CC(=O)N3CC=COC3)CC2)nc2ccccc12. The third-order valence-corrected chi connectivity index (χ3v) is 5.21. The van der Waals surface area contributed by atoms with Gasteiger partial charge in [-0.1, -0.05) is 24.1 Å². The fraction of sp³-hybridized carbons (Fsp3) is 0.409. The molecule has 6 heteroatoms. The number of piperidine rings is 1. The van der Waals surface area contributed by atoms with Crippen molar-refractivity contribution in [2.75, 3.05) is 26.4 Å². The lowest BCUT2D eigenvalue weighted by Gasteiger charge is -2.29.